The summed E-state index contributed by atoms with van der Waals surface area (Å²) >= 11 is 0. The van der Waals surface area contributed by atoms with E-state index in [-0.39, 0.29) is 22.8 Å². The van der Waals surface area contributed by atoms with Gasteiger partial charge >= 0.3 is 11.7 Å². The number of benzene rings is 1. The fourth-order valence-corrected chi connectivity index (χ4v) is 1.50. The van der Waals surface area contributed by atoms with Crippen LogP contribution in [0.5, 0.6) is 17.2 Å². The van der Waals surface area contributed by atoms with Crippen LogP contribution in [-0.4, -0.2) is 39.3 Å². The number of hydrogen-bond acceptors (Lipinski definition) is 7. The lowest BCUT2D eigenvalue weighted by Gasteiger charge is -2.13. The van der Waals surface area contributed by atoms with Crippen molar-refractivity contribution in [2.24, 2.45) is 0 Å². The quantitative estimate of drug-likeness (QED) is 0.450. The van der Waals surface area contributed by atoms with Crippen LogP contribution in [0.2, 0.25) is 0 Å². The van der Waals surface area contributed by atoms with Gasteiger partial charge in [-0.1, -0.05) is 0 Å². The minimum Gasteiger partial charge on any atom is -0.495 e. The number of carbonyl (C=O) groups excluding carboxylic acids is 1. The Hall–Kier alpha value is -2.51. The maximum Gasteiger partial charge on any atom is 0.354 e. The van der Waals surface area contributed by atoms with Crippen LogP contribution < -0.4 is 14.2 Å². The Morgan fingerprint density at radius 2 is 1.68 bits per heavy atom. The summed E-state index contributed by atoms with van der Waals surface area (Å²) in [5, 5.41) is 11.1. The molecule has 0 saturated heterocycles. The molecular weight excluding hydrogens is 258 g/mol. The van der Waals surface area contributed by atoms with Gasteiger partial charge in [0.05, 0.1) is 39.4 Å². The standard InChI is InChI=1S/C11H12NO7/c1-16-6-5-7(17-2)9(12(14)15)10(18-3)8(6)11(13)19-4/h1-4H3. The van der Waals surface area contributed by atoms with E-state index in [1.165, 1.54) is 21.3 Å². The van der Waals surface area contributed by atoms with Crippen LogP contribution in [0.15, 0.2) is 0 Å². The van der Waals surface area contributed by atoms with Crippen LogP contribution in [0.25, 0.3) is 0 Å². The van der Waals surface area contributed by atoms with E-state index >= 15 is 0 Å². The first-order valence-corrected chi connectivity index (χ1v) is 4.99. The van der Waals surface area contributed by atoms with Crippen molar-refractivity contribution in [3.63, 3.8) is 0 Å². The van der Waals surface area contributed by atoms with Crippen molar-refractivity contribution >= 4 is 11.7 Å². The fraction of sp³-hybridized carbons (Fsp3) is 0.364. The zero-order chi connectivity index (χ0) is 14.6. The monoisotopic (exact) mass is 270 g/mol. The summed E-state index contributed by atoms with van der Waals surface area (Å²) in [6.07, 6.45) is 0. The van der Waals surface area contributed by atoms with Crippen LogP contribution in [-0.2, 0) is 4.74 Å². The lowest BCUT2D eigenvalue weighted by molar-refractivity contribution is -0.386. The Balaban J connectivity index is 3.73. The molecule has 0 saturated carbocycles. The highest BCUT2D eigenvalue weighted by molar-refractivity contribution is 5.98. The van der Waals surface area contributed by atoms with Crippen LogP contribution in [0, 0.1) is 16.2 Å². The Bertz CT molecular complexity index is 512. The van der Waals surface area contributed by atoms with Crippen molar-refractivity contribution in [3.05, 3.63) is 21.7 Å². The summed E-state index contributed by atoms with van der Waals surface area (Å²) in [6.45, 7) is 0. The summed E-state index contributed by atoms with van der Waals surface area (Å²) in [5.41, 5.74) is -0.744. The molecule has 0 aliphatic rings. The Morgan fingerprint density at radius 1 is 1.11 bits per heavy atom. The van der Waals surface area contributed by atoms with E-state index in [0.717, 1.165) is 7.11 Å². The van der Waals surface area contributed by atoms with Crippen molar-refractivity contribution < 1.29 is 28.7 Å². The third kappa shape index (κ3) is 2.51. The Labute approximate surface area is 109 Å². The number of esters is 1. The third-order valence-corrected chi connectivity index (χ3v) is 2.30. The molecule has 1 aromatic rings. The molecule has 0 atom stereocenters. The number of nitro benzene ring substituents is 1. The first-order chi connectivity index (χ1) is 9.01. The molecule has 0 fully saturated rings. The molecule has 0 N–H and O–H groups in total. The van der Waals surface area contributed by atoms with Crippen molar-refractivity contribution in [1.29, 1.82) is 0 Å². The smallest absolute Gasteiger partial charge is 0.354 e. The highest BCUT2D eigenvalue weighted by Gasteiger charge is 2.33. The van der Waals surface area contributed by atoms with E-state index < -0.39 is 16.6 Å². The molecule has 8 heteroatoms. The lowest BCUT2D eigenvalue weighted by Crippen LogP contribution is -2.10. The zero-order valence-electron chi connectivity index (χ0n) is 10.8. The average molecular weight is 270 g/mol. The van der Waals surface area contributed by atoms with Crippen LogP contribution in [0.4, 0.5) is 5.69 Å². The SMILES string of the molecule is COC(=O)c1c(OC)[c]c(OC)c([N+](=O)[O-])c1OC. The first-order valence-electron chi connectivity index (χ1n) is 4.99. The molecule has 0 bridgehead atoms. The van der Waals surface area contributed by atoms with Crippen molar-refractivity contribution in [2.45, 2.75) is 0 Å². The van der Waals surface area contributed by atoms with Gasteiger partial charge in [-0.2, -0.15) is 0 Å². The molecule has 0 heterocycles. The molecule has 0 unspecified atom stereocenters. The van der Waals surface area contributed by atoms with Gasteiger partial charge in [0.15, 0.2) is 5.56 Å². The van der Waals surface area contributed by atoms with E-state index in [1.54, 1.807) is 0 Å². The fourth-order valence-electron chi connectivity index (χ4n) is 1.50. The molecule has 0 spiro atoms. The summed E-state index contributed by atoms with van der Waals surface area (Å²) in [6, 6.07) is 2.49. The van der Waals surface area contributed by atoms with Gasteiger partial charge in [-0.3, -0.25) is 10.1 Å². The van der Waals surface area contributed by atoms with Gasteiger partial charge in [0.25, 0.3) is 0 Å². The van der Waals surface area contributed by atoms with E-state index in [9.17, 15) is 14.9 Å². The highest BCUT2D eigenvalue weighted by Crippen LogP contribution is 2.44. The number of rotatable bonds is 5. The van der Waals surface area contributed by atoms with Gasteiger partial charge in [-0.05, 0) is 0 Å². The van der Waals surface area contributed by atoms with E-state index in [2.05, 4.69) is 10.8 Å². The molecule has 1 aromatic carbocycles. The summed E-state index contributed by atoms with van der Waals surface area (Å²) < 4.78 is 19.3. The molecule has 1 rings (SSSR count). The molecule has 8 nitrogen and oxygen atoms in total. The molecular formula is C11H12NO7. The van der Waals surface area contributed by atoms with Gasteiger partial charge in [-0.15, -0.1) is 0 Å². The van der Waals surface area contributed by atoms with E-state index in [4.69, 9.17) is 14.2 Å². The van der Waals surface area contributed by atoms with Crippen molar-refractivity contribution in [2.75, 3.05) is 28.4 Å². The van der Waals surface area contributed by atoms with Crippen LogP contribution in [0.3, 0.4) is 0 Å². The van der Waals surface area contributed by atoms with Crippen molar-refractivity contribution in [3.8, 4) is 17.2 Å². The Morgan fingerprint density at radius 3 is 2.05 bits per heavy atom. The number of ether oxygens (including phenoxy) is 4. The van der Waals surface area contributed by atoms with E-state index in [0.29, 0.717) is 0 Å². The van der Waals surface area contributed by atoms with Crippen molar-refractivity contribution in [1.82, 2.24) is 0 Å². The number of hydrogen-bond donors (Lipinski definition) is 0. The summed E-state index contributed by atoms with van der Waals surface area (Å²) in [7, 11) is 4.84. The minimum absolute atomic E-state index is 0.0637. The normalized spacial score (nSPS) is 9.68. The van der Waals surface area contributed by atoms with Gasteiger partial charge in [0, 0.05) is 0 Å². The topological polar surface area (TPSA) is 97.1 Å². The van der Waals surface area contributed by atoms with Gasteiger partial charge in [0.2, 0.25) is 11.5 Å². The largest absolute Gasteiger partial charge is 0.495 e. The zero-order valence-corrected chi connectivity index (χ0v) is 10.8. The molecule has 0 aliphatic heterocycles. The summed E-state index contributed by atoms with van der Waals surface area (Å²) in [4.78, 5) is 22.0. The molecule has 103 valence electrons. The number of nitro groups is 1. The summed E-state index contributed by atoms with van der Waals surface area (Å²) in [5.74, 6) is -1.41. The number of nitrogens with zero attached hydrogens (tertiary/aromatic N) is 1. The molecule has 0 amide bonds. The van der Waals surface area contributed by atoms with Gasteiger partial charge < -0.3 is 18.9 Å². The number of carbonyl (C=O) groups is 1. The second kappa shape index (κ2) is 5.89. The van der Waals surface area contributed by atoms with Gasteiger partial charge in [-0.25, -0.2) is 4.79 Å². The second-order valence-corrected chi connectivity index (χ2v) is 3.20. The minimum atomic E-state index is -0.837. The lowest BCUT2D eigenvalue weighted by atomic mass is 10.1. The maximum absolute atomic E-state index is 11.7. The third-order valence-electron chi connectivity index (χ3n) is 2.30. The molecule has 1 radical (unpaired) electrons. The van der Waals surface area contributed by atoms with E-state index in [1.807, 2.05) is 0 Å². The molecule has 19 heavy (non-hydrogen) atoms. The Kier molecular flexibility index (Phi) is 4.51. The maximum atomic E-state index is 11.7. The predicted octanol–water partition coefficient (Wildman–Crippen LogP) is 1.21. The predicted molar refractivity (Wildman–Crippen MR) is 62.9 cm³/mol. The second-order valence-electron chi connectivity index (χ2n) is 3.20. The molecule has 0 aliphatic carbocycles. The number of methoxy groups -OCH3 is 4. The van der Waals surface area contributed by atoms with Crippen LogP contribution >= 0.6 is 0 Å². The average Bonchev–Trinajstić information content (AvgIpc) is 2.43. The highest BCUT2D eigenvalue weighted by atomic mass is 16.6. The van der Waals surface area contributed by atoms with Crippen LogP contribution in [0.1, 0.15) is 10.4 Å². The van der Waals surface area contributed by atoms with Gasteiger partial charge in [0.1, 0.15) is 5.75 Å². The first kappa shape index (κ1) is 14.6. The molecule has 0 aromatic heterocycles.